The molecule has 1 unspecified atom stereocenters. The molecule has 1 fully saturated rings. The normalized spacial score (nSPS) is 18.5. The van der Waals surface area contributed by atoms with Crippen LogP contribution in [0.25, 0.3) is 0 Å². The molecule has 0 spiro atoms. The highest BCUT2D eigenvalue weighted by molar-refractivity contribution is 7.92. The van der Waals surface area contributed by atoms with Crippen molar-refractivity contribution in [1.29, 1.82) is 0 Å². The minimum atomic E-state index is -4.04. The first-order valence-corrected chi connectivity index (χ1v) is 13.9. The van der Waals surface area contributed by atoms with E-state index in [1.807, 2.05) is 0 Å². The molecule has 0 radical (unpaired) electrons. The van der Waals surface area contributed by atoms with Gasteiger partial charge in [-0.1, -0.05) is 30.3 Å². The summed E-state index contributed by atoms with van der Waals surface area (Å²) in [6, 6.07) is 16.9. The zero-order valence-electron chi connectivity index (χ0n) is 22.2. The lowest BCUT2D eigenvalue weighted by molar-refractivity contribution is -0.118. The van der Waals surface area contributed by atoms with Gasteiger partial charge >= 0.3 is 6.09 Å². The molecule has 2 amide bonds. The molecule has 3 aromatic carbocycles. The number of anilines is 2. The van der Waals surface area contributed by atoms with Crippen molar-refractivity contribution < 1.29 is 40.7 Å². The average molecular weight is 592 g/mol. The number of halogens is 3. The van der Waals surface area contributed by atoms with Crippen LogP contribution in [-0.4, -0.2) is 53.1 Å². The Morgan fingerprint density at radius 3 is 2.27 bits per heavy atom. The largest absolute Gasteiger partial charge is 0.489 e. The first-order chi connectivity index (χ1) is 19.4. The van der Waals surface area contributed by atoms with Crippen LogP contribution in [0.3, 0.4) is 0 Å². The number of amides is 2. The Morgan fingerprint density at radius 2 is 1.68 bits per heavy atom. The van der Waals surface area contributed by atoms with E-state index in [0.717, 1.165) is 28.6 Å². The van der Waals surface area contributed by atoms with Crippen LogP contribution in [0.1, 0.15) is 18.9 Å². The zero-order chi connectivity index (χ0) is 29.8. The van der Waals surface area contributed by atoms with Crippen LogP contribution < -0.4 is 19.7 Å². The first kappa shape index (κ1) is 29.7. The molecule has 13 heteroatoms. The summed E-state index contributed by atoms with van der Waals surface area (Å²) in [5.41, 5.74) is -0.844. The third-order valence-corrected chi connectivity index (χ3v) is 8.48. The topological polar surface area (TPSA) is 114 Å². The van der Waals surface area contributed by atoms with E-state index in [0.29, 0.717) is 5.56 Å². The standard InChI is InChI=1S/C25H21F3N2O5S.C3H7NO/c26-18-6-9-20(10-7-18)36(32,33)30-12-13-34-22-11-8-19(14-21(22)30)29-23(31)35-16-24(15-25(24,27)28)17-4-2-1-3-5-17;1-3(5)4-2/h1-11,14H,12-13,15-16H2,(H,29,31);1-2H3,(H,4,5). The van der Waals surface area contributed by atoms with Crippen molar-refractivity contribution in [2.45, 2.75) is 29.6 Å². The third kappa shape index (κ3) is 6.40. The van der Waals surface area contributed by atoms with Gasteiger partial charge in [-0.25, -0.2) is 26.4 Å². The summed E-state index contributed by atoms with van der Waals surface area (Å²) in [4.78, 5) is 22.0. The quantitative estimate of drug-likeness (QED) is 0.430. The highest BCUT2D eigenvalue weighted by Gasteiger charge is 2.72. The molecule has 3 aromatic rings. The monoisotopic (exact) mass is 591 g/mol. The number of hydrogen-bond donors (Lipinski definition) is 2. The SMILES string of the molecule is CNC(C)=O.O=C(Nc1ccc2c(c1)N(S(=O)(=O)c1ccc(F)cc1)CCO2)OCC1(c2ccccc2)CC1(F)F. The molecule has 0 bridgehead atoms. The molecule has 0 aromatic heterocycles. The predicted octanol–water partition coefficient (Wildman–Crippen LogP) is 4.69. The molecule has 41 heavy (non-hydrogen) atoms. The average Bonchev–Trinajstić information content (AvgIpc) is 3.54. The smallest absolute Gasteiger partial charge is 0.411 e. The van der Waals surface area contributed by atoms with Crippen LogP contribution >= 0.6 is 0 Å². The minimum Gasteiger partial charge on any atom is -0.489 e. The lowest BCUT2D eigenvalue weighted by Gasteiger charge is -2.30. The van der Waals surface area contributed by atoms with E-state index in [2.05, 4.69) is 10.6 Å². The summed E-state index contributed by atoms with van der Waals surface area (Å²) in [5.74, 6) is -3.29. The number of carbonyl (C=O) groups is 2. The van der Waals surface area contributed by atoms with Gasteiger partial charge in [0.1, 0.15) is 24.8 Å². The van der Waals surface area contributed by atoms with Crippen LogP contribution in [-0.2, 0) is 25.0 Å². The van der Waals surface area contributed by atoms with Crippen molar-refractivity contribution in [1.82, 2.24) is 5.32 Å². The van der Waals surface area contributed by atoms with E-state index in [4.69, 9.17) is 9.47 Å². The maximum atomic E-state index is 14.2. The summed E-state index contributed by atoms with van der Waals surface area (Å²) in [5, 5.41) is 4.85. The Labute approximate surface area is 235 Å². The first-order valence-electron chi connectivity index (χ1n) is 12.5. The third-order valence-electron chi connectivity index (χ3n) is 6.65. The number of nitrogens with zero attached hydrogens (tertiary/aromatic N) is 1. The lowest BCUT2D eigenvalue weighted by Crippen LogP contribution is -2.38. The van der Waals surface area contributed by atoms with Gasteiger partial charge < -0.3 is 14.8 Å². The van der Waals surface area contributed by atoms with Gasteiger partial charge in [-0.05, 0) is 48.0 Å². The summed E-state index contributed by atoms with van der Waals surface area (Å²) < 4.78 is 79.9. The summed E-state index contributed by atoms with van der Waals surface area (Å²) in [6.07, 6.45) is -1.39. The molecule has 1 saturated carbocycles. The zero-order valence-corrected chi connectivity index (χ0v) is 23.0. The van der Waals surface area contributed by atoms with E-state index >= 15 is 0 Å². The van der Waals surface area contributed by atoms with Crippen molar-refractivity contribution in [2.75, 3.05) is 36.4 Å². The van der Waals surface area contributed by atoms with Crippen LogP contribution in [0.2, 0.25) is 0 Å². The Balaban J connectivity index is 0.000000714. The number of nitrogens with one attached hydrogen (secondary N) is 2. The lowest BCUT2D eigenvalue weighted by atomic mass is 9.96. The minimum absolute atomic E-state index is 0.00463. The molecular weight excluding hydrogens is 563 g/mol. The maximum absolute atomic E-state index is 14.2. The van der Waals surface area contributed by atoms with Crippen molar-refractivity contribution >= 4 is 33.4 Å². The Bertz CT molecular complexity index is 1520. The fourth-order valence-corrected chi connectivity index (χ4v) is 5.69. The highest BCUT2D eigenvalue weighted by atomic mass is 32.2. The van der Waals surface area contributed by atoms with Crippen molar-refractivity contribution in [3.63, 3.8) is 0 Å². The van der Waals surface area contributed by atoms with Gasteiger partial charge in [0, 0.05) is 26.1 Å². The number of rotatable bonds is 6. The summed E-state index contributed by atoms with van der Waals surface area (Å²) >= 11 is 0. The van der Waals surface area contributed by atoms with Gasteiger partial charge in [-0.3, -0.25) is 14.4 Å². The molecule has 1 aliphatic carbocycles. The van der Waals surface area contributed by atoms with E-state index in [1.165, 1.54) is 25.1 Å². The number of ether oxygens (including phenoxy) is 2. The van der Waals surface area contributed by atoms with E-state index in [1.54, 1.807) is 37.4 Å². The molecule has 218 valence electrons. The Morgan fingerprint density at radius 1 is 1.05 bits per heavy atom. The summed E-state index contributed by atoms with van der Waals surface area (Å²) in [6.45, 7) is 1.04. The maximum Gasteiger partial charge on any atom is 0.411 e. The molecule has 5 rings (SSSR count). The number of hydrogen-bond acceptors (Lipinski definition) is 6. The molecule has 2 N–H and O–H groups in total. The highest BCUT2D eigenvalue weighted by Crippen LogP contribution is 2.61. The second-order valence-corrected chi connectivity index (χ2v) is 11.3. The van der Waals surface area contributed by atoms with Crippen LogP contribution in [0.4, 0.5) is 29.3 Å². The molecule has 9 nitrogen and oxygen atoms in total. The molecule has 1 aliphatic heterocycles. The fourth-order valence-electron chi connectivity index (χ4n) is 4.24. The van der Waals surface area contributed by atoms with Gasteiger partial charge in [-0.15, -0.1) is 0 Å². The van der Waals surface area contributed by atoms with E-state index in [-0.39, 0.29) is 41.1 Å². The second-order valence-electron chi connectivity index (χ2n) is 9.40. The molecular formula is C28H28F3N3O6S. The number of fused-ring (bicyclic) bond motifs is 1. The van der Waals surface area contributed by atoms with Gasteiger partial charge in [0.05, 0.1) is 22.5 Å². The van der Waals surface area contributed by atoms with Gasteiger partial charge in [0.25, 0.3) is 15.9 Å². The van der Waals surface area contributed by atoms with E-state index < -0.39 is 46.3 Å². The Kier molecular flexibility index (Phi) is 8.47. The van der Waals surface area contributed by atoms with Crippen molar-refractivity contribution in [3.8, 4) is 5.75 Å². The number of sulfonamides is 1. The molecule has 1 atom stereocenters. The van der Waals surface area contributed by atoms with E-state index in [9.17, 15) is 31.2 Å². The number of carbonyl (C=O) groups excluding carboxylic acids is 2. The van der Waals surface area contributed by atoms with Crippen LogP contribution in [0.15, 0.2) is 77.7 Å². The van der Waals surface area contributed by atoms with Crippen LogP contribution in [0, 0.1) is 5.82 Å². The second kappa shape index (κ2) is 11.7. The molecule has 1 heterocycles. The van der Waals surface area contributed by atoms with Gasteiger partial charge in [0.15, 0.2) is 0 Å². The van der Waals surface area contributed by atoms with Gasteiger partial charge in [0.2, 0.25) is 5.91 Å². The number of benzene rings is 3. The van der Waals surface area contributed by atoms with Gasteiger partial charge in [-0.2, -0.15) is 0 Å². The molecule has 2 aliphatic rings. The number of alkyl halides is 2. The van der Waals surface area contributed by atoms with Crippen molar-refractivity contribution in [3.05, 3.63) is 84.2 Å². The van der Waals surface area contributed by atoms with Crippen LogP contribution in [0.5, 0.6) is 5.75 Å². The Hall–Kier alpha value is -4.26. The summed E-state index contributed by atoms with van der Waals surface area (Å²) in [7, 11) is -2.44. The molecule has 0 saturated heterocycles. The fraction of sp³-hybridized carbons (Fsp3) is 0.286. The predicted molar refractivity (Wildman–Crippen MR) is 145 cm³/mol. The van der Waals surface area contributed by atoms with Crippen molar-refractivity contribution in [2.24, 2.45) is 0 Å².